The maximum absolute atomic E-state index is 13.1. The van der Waals surface area contributed by atoms with Crippen LogP contribution in [0.1, 0.15) is 170 Å². The lowest BCUT2D eigenvalue weighted by molar-refractivity contribution is -0.141. The number of carbonyl (C=O) groups excluding carboxylic acids is 4. The fourth-order valence-electron chi connectivity index (χ4n) is 18.2. The third kappa shape index (κ3) is 25.2. The first-order valence-corrected chi connectivity index (χ1v) is 45.3. The molecule has 0 aromatic heterocycles. The van der Waals surface area contributed by atoms with Crippen molar-refractivity contribution in [1.82, 2.24) is 40.9 Å². The number of nitrogens with one attached hydrogen (secondary N) is 4. The number of fused-ring (bicyclic) bond motifs is 1. The molecule has 4 saturated heterocycles. The highest BCUT2D eigenvalue weighted by Gasteiger charge is 2.35. The van der Waals surface area contributed by atoms with E-state index >= 15 is 0 Å². The van der Waals surface area contributed by atoms with Gasteiger partial charge < -0.3 is 59.8 Å². The number of hydrogen-bond donors (Lipinski definition) is 4. The average molecular weight is 1660 g/mol. The summed E-state index contributed by atoms with van der Waals surface area (Å²) < 4.78 is 22.4. The molecule has 0 amide bonds. The Morgan fingerprint density at radius 2 is 0.813 bits per heavy atom. The number of nitriles is 4. The lowest BCUT2D eigenvalue weighted by Gasteiger charge is -2.34. The molecule has 23 heteroatoms. The molecule has 4 aromatic rings. The van der Waals surface area contributed by atoms with E-state index in [1.54, 1.807) is 0 Å². The predicted molar refractivity (Wildman–Crippen MR) is 481 cm³/mol. The normalized spacial score (nSPS) is 21.4. The molecule has 7 heterocycles. The van der Waals surface area contributed by atoms with Gasteiger partial charge in [-0.1, -0.05) is 192 Å². The number of rotatable bonds is 16. The van der Waals surface area contributed by atoms with Gasteiger partial charge in [-0.2, -0.15) is 21.0 Å². The smallest absolute Gasteiger partial charge is 0.349 e. The highest BCUT2D eigenvalue weighted by molar-refractivity contribution is 6.12. The summed E-state index contributed by atoms with van der Waals surface area (Å²) >= 11 is 0. The maximum Gasteiger partial charge on any atom is 0.349 e. The molecule has 7 aliphatic heterocycles. The molecule has 8 fully saturated rings. The summed E-state index contributed by atoms with van der Waals surface area (Å²) in [7, 11) is 0. The number of ether oxygens (including phenoxy) is 4. The Balaban J connectivity index is 0.000000142. The molecule has 12 aliphatic rings. The van der Waals surface area contributed by atoms with Crippen LogP contribution in [0.3, 0.4) is 0 Å². The number of carbonyl (C=O) groups is 4. The summed E-state index contributed by atoms with van der Waals surface area (Å²) in [5, 5.41) is 52.8. The van der Waals surface area contributed by atoms with Gasteiger partial charge in [0.2, 0.25) is 0 Å². The number of nitrogens with zero attached hydrogens (tertiary/aromatic N) is 11. The fraction of sp³-hybridized carbons (Fsp3) is 0.490. The van der Waals surface area contributed by atoms with Crippen molar-refractivity contribution in [3.63, 3.8) is 0 Å². The van der Waals surface area contributed by atoms with Gasteiger partial charge in [-0.15, -0.1) is 0 Å². The molecule has 4 aromatic carbocycles. The molecule has 0 bridgehead atoms. The molecule has 16 rings (SSSR count). The Morgan fingerprint density at radius 3 is 1.27 bits per heavy atom. The van der Waals surface area contributed by atoms with Crippen molar-refractivity contribution in [1.29, 1.82) is 21.0 Å². The Morgan fingerprint density at radius 1 is 0.415 bits per heavy atom. The fourth-order valence-corrected chi connectivity index (χ4v) is 18.2. The second-order valence-corrected chi connectivity index (χ2v) is 34.0. The van der Waals surface area contributed by atoms with Gasteiger partial charge in [0, 0.05) is 146 Å². The molecule has 4 saturated carbocycles. The van der Waals surface area contributed by atoms with Crippen LogP contribution in [0.4, 0.5) is 5.69 Å². The van der Waals surface area contributed by atoms with E-state index in [1.807, 2.05) is 85.1 Å². The van der Waals surface area contributed by atoms with E-state index in [2.05, 4.69) is 121 Å². The van der Waals surface area contributed by atoms with E-state index in [4.69, 9.17) is 33.9 Å². The summed E-state index contributed by atoms with van der Waals surface area (Å²) in [6.45, 7) is 17.4. The summed E-state index contributed by atoms with van der Waals surface area (Å²) in [6.07, 6.45) is 35.5. The van der Waals surface area contributed by atoms with Crippen LogP contribution in [0.2, 0.25) is 0 Å². The van der Waals surface area contributed by atoms with E-state index in [-0.39, 0.29) is 22.3 Å². The number of amidine groups is 3. The van der Waals surface area contributed by atoms with E-state index < -0.39 is 23.9 Å². The van der Waals surface area contributed by atoms with Crippen molar-refractivity contribution in [3.8, 4) is 35.4 Å². The van der Waals surface area contributed by atoms with Crippen LogP contribution in [-0.4, -0.2) is 192 Å². The Kier molecular flexibility index (Phi) is 34.0. The Hall–Kier alpha value is -11.3. The monoisotopic (exact) mass is 1660 g/mol. The minimum absolute atomic E-state index is 0.0922. The lowest BCUT2D eigenvalue weighted by Crippen LogP contribution is -2.47. The van der Waals surface area contributed by atoms with Crippen molar-refractivity contribution >= 4 is 58.3 Å². The molecular formula is C100H121N15O8. The first kappa shape index (κ1) is 89.4. The average Bonchev–Trinajstić information content (AvgIpc) is 0.784. The zero-order chi connectivity index (χ0) is 85.3. The zero-order valence-electron chi connectivity index (χ0n) is 71.8. The lowest BCUT2D eigenvalue weighted by atomic mass is 9.90. The van der Waals surface area contributed by atoms with Gasteiger partial charge in [0.25, 0.3) is 0 Å². The first-order valence-electron chi connectivity index (χ1n) is 45.3. The van der Waals surface area contributed by atoms with Gasteiger partial charge in [-0.25, -0.2) is 34.2 Å². The standard InChI is InChI=1S/C30H34N4O2.2C25H30N4O2.C20H27N3O2/c1-21-7-9-23(10-8-21)24-11-12-25-17-26(29(33-28(25)18-24)34-15-13-32-14-16-34)27(19-31)30(35)36-20-22-5-3-2-4-6-22;26-16-23(25(30)31-18-19-7-3-1-4-8-19)22-15-21(20-9-5-2-6-10-20)17-28-24(22)29-13-11-27-12-14-29;26-17-22(25(30)31-18-19-7-3-1-4-8-19)21-11-12-23(20-9-5-2-6-10-20)28-24(21)29-15-13-27-14-16-29;21-14-19(20(24)25-15-16-5-2-1-3-6-16)17-7-4-8-18(13-17)23-11-9-22-10-12-23/h7-12,18,22,32H,2-6,13-17,20H2,1H3;2,5-6,9-10,17,19,27H,1,3-4,7-8,11-15,18H2;2,5-6,9-10,12,19,27H,1,3-4,7-8,11,13-16,18H2;4,8,13,16,22H,1-3,5-7,9-12,15H2/b27-26+;23-22+;22-21+;19-17+. The highest BCUT2D eigenvalue weighted by Crippen LogP contribution is 2.38. The van der Waals surface area contributed by atoms with Crippen LogP contribution in [0, 0.1) is 75.9 Å². The van der Waals surface area contributed by atoms with Crippen molar-refractivity contribution in [2.45, 2.75) is 161 Å². The number of hydrogen-bond acceptors (Lipinski definition) is 23. The van der Waals surface area contributed by atoms with Crippen LogP contribution >= 0.6 is 0 Å². The number of benzene rings is 4. The van der Waals surface area contributed by atoms with Crippen molar-refractivity contribution in [3.05, 3.63) is 206 Å². The predicted octanol–water partition coefficient (Wildman–Crippen LogP) is 15.1. The number of allylic oxidation sites excluding steroid dienone is 6. The molecule has 0 radical (unpaired) electrons. The van der Waals surface area contributed by atoms with Gasteiger partial charge in [0.15, 0.2) is 0 Å². The summed E-state index contributed by atoms with van der Waals surface area (Å²) in [6, 6.07) is 43.4. The number of aliphatic imine (C=N–C) groups is 3. The molecule has 23 nitrogen and oxygen atoms in total. The summed E-state index contributed by atoms with van der Waals surface area (Å²) in [4.78, 5) is 74.9. The highest BCUT2D eigenvalue weighted by atomic mass is 16.5. The van der Waals surface area contributed by atoms with Crippen LogP contribution in [0.15, 0.2) is 199 Å². The Bertz CT molecular complexity index is 4860. The van der Waals surface area contributed by atoms with Gasteiger partial charge in [-0.3, -0.25) is 0 Å². The maximum atomic E-state index is 13.1. The van der Waals surface area contributed by atoms with Crippen LogP contribution < -0.4 is 21.3 Å². The minimum atomic E-state index is -0.514. The molecular weight excluding hydrogens is 1540 g/mol. The molecule has 644 valence electrons. The third-order valence-electron chi connectivity index (χ3n) is 25.4. The van der Waals surface area contributed by atoms with Crippen LogP contribution in [0.25, 0.3) is 22.4 Å². The Labute approximate surface area is 726 Å². The van der Waals surface area contributed by atoms with Crippen LogP contribution in [0.5, 0.6) is 0 Å². The SMILES string of the molecule is Cc1ccc(-c2ccc3c(c2)N=C(N2CCNCC2)/C(=C(\C#N)C(=O)OCC2CCCCC2)C3)cc1.N#C/C(C(=O)OCC1CCCCC1)=C1/CC(c2ccccc2)=CN=C1N1CCNCC1.N#C/C(C(=O)OCC1CCCCC1)=C1/CC=C(c2ccccc2)N=C1N1CCNCC1.N#C/C(C(=O)OCC1CCCCC1)=C1\C=C(N2CCNCC2)C=CC1. The first-order chi connectivity index (χ1) is 60.4. The van der Waals surface area contributed by atoms with Gasteiger partial charge in [0.05, 0.1) is 37.8 Å². The van der Waals surface area contributed by atoms with Gasteiger partial charge in [0.1, 0.15) is 64.1 Å². The van der Waals surface area contributed by atoms with Crippen molar-refractivity contribution < 1.29 is 38.1 Å². The zero-order valence-corrected chi connectivity index (χ0v) is 71.8. The topological polar surface area (TPSA) is 299 Å². The number of aryl methyl sites for hydroxylation is 1. The minimum Gasteiger partial charge on any atom is -0.461 e. The summed E-state index contributed by atoms with van der Waals surface area (Å²) in [5.41, 5.74) is 13.7. The van der Waals surface area contributed by atoms with E-state index in [0.29, 0.717) is 92.5 Å². The van der Waals surface area contributed by atoms with Crippen molar-refractivity contribution in [2.24, 2.45) is 38.6 Å². The van der Waals surface area contributed by atoms with Gasteiger partial charge in [-0.05, 0) is 152 Å². The largest absolute Gasteiger partial charge is 0.461 e. The molecule has 5 aliphatic carbocycles. The number of piperazine rings is 4. The van der Waals surface area contributed by atoms with E-state index in [9.17, 15) is 40.2 Å². The molecule has 0 atom stereocenters. The second-order valence-electron chi connectivity index (χ2n) is 34.0. The number of esters is 4. The quantitative estimate of drug-likeness (QED) is 0.0351. The summed E-state index contributed by atoms with van der Waals surface area (Å²) in [5.74, 6) is 1.88. The van der Waals surface area contributed by atoms with E-state index in [0.717, 1.165) is 230 Å². The third-order valence-corrected chi connectivity index (χ3v) is 25.4. The van der Waals surface area contributed by atoms with Crippen molar-refractivity contribution in [2.75, 3.05) is 131 Å². The second kappa shape index (κ2) is 46.8. The molecule has 0 unspecified atom stereocenters. The van der Waals surface area contributed by atoms with Crippen LogP contribution in [-0.2, 0) is 44.5 Å². The van der Waals surface area contributed by atoms with E-state index in [1.165, 1.54) is 82.6 Å². The van der Waals surface area contributed by atoms with Gasteiger partial charge >= 0.3 is 23.9 Å². The molecule has 0 spiro atoms. The molecule has 123 heavy (non-hydrogen) atoms. The molecule has 4 N–H and O–H groups in total.